The van der Waals surface area contributed by atoms with Gasteiger partial charge in [0.15, 0.2) is 5.82 Å². The molecule has 0 aliphatic rings. The average Bonchev–Trinajstić information content (AvgIpc) is 3.14. The number of furan rings is 1. The van der Waals surface area contributed by atoms with Crippen LogP contribution in [0.5, 0.6) is 0 Å². The molecule has 4 rings (SSSR count). The lowest BCUT2D eigenvalue weighted by Crippen LogP contribution is -2.11. The maximum Gasteiger partial charge on any atom is 0.259 e. The number of hydrogen-bond donors (Lipinski definition) is 1. The van der Waals surface area contributed by atoms with E-state index in [1.165, 1.54) is 12.1 Å². The zero-order chi connectivity index (χ0) is 20.5. The molecule has 2 aromatic carbocycles. The summed E-state index contributed by atoms with van der Waals surface area (Å²) in [4.78, 5) is 19.3. The molecule has 0 amide bonds. The van der Waals surface area contributed by atoms with Gasteiger partial charge in [-0.2, -0.15) is 5.26 Å². The van der Waals surface area contributed by atoms with E-state index in [1.807, 2.05) is 6.07 Å². The van der Waals surface area contributed by atoms with Crippen molar-refractivity contribution in [2.24, 2.45) is 0 Å². The Bertz CT molecular complexity index is 1360. The molecule has 5 nitrogen and oxygen atoms in total. The third-order valence-electron chi connectivity index (χ3n) is 4.17. The zero-order valence-electron chi connectivity index (χ0n) is 14.5. The third-order valence-corrected chi connectivity index (χ3v) is 5.03. The Labute approximate surface area is 179 Å². The first-order chi connectivity index (χ1) is 14.0. The van der Waals surface area contributed by atoms with Crippen LogP contribution in [0.2, 0.25) is 15.1 Å². The number of hydrogen-bond acceptors (Lipinski definition) is 4. The Morgan fingerprint density at radius 1 is 1.10 bits per heavy atom. The highest BCUT2D eigenvalue weighted by molar-refractivity contribution is 6.39. The van der Waals surface area contributed by atoms with Crippen LogP contribution in [0, 0.1) is 11.3 Å². The van der Waals surface area contributed by atoms with Gasteiger partial charge in [-0.25, -0.2) is 4.98 Å². The predicted octanol–water partition coefficient (Wildman–Crippen LogP) is 6.21. The number of aromatic amines is 1. The fraction of sp³-hybridized carbons (Fsp3) is 0. The first-order valence-electron chi connectivity index (χ1n) is 8.32. The molecular weight excluding hydrogens is 433 g/mol. The molecule has 0 bridgehead atoms. The van der Waals surface area contributed by atoms with Gasteiger partial charge in [0.1, 0.15) is 17.6 Å². The molecule has 0 atom stereocenters. The molecule has 0 aliphatic carbocycles. The van der Waals surface area contributed by atoms with Crippen molar-refractivity contribution in [2.45, 2.75) is 0 Å². The van der Waals surface area contributed by atoms with Gasteiger partial charge in [-0.15, -0.1) is 0 Å². The minimum absolute atomic E-state index is 0.126. The molecule has 0 saturated carbocycles. The van der Waals surface area contributed by atoms with Gasteiger partial charge in [0.05, 0.1) is 32.1 Å². The summed E-state index contributed by atoms with van der Waals surface area (Å²) in [6.45, 7) is 0. The number of halogens is 3. The summed E-state index contributed by atoms with van der Waals surface area (Å²) in [7, 11) is 0. The van der Waals surface area contributed by atoms with E-state index in [2.05, 4.69) is 9.97 Å². The van der Waals surface area contributed by atoms with E-state index in [0.29, 0.717) is 43.1 Å². The summed E-state index contributed by atoms with van der Waals surface area (Å²) >= 11 is 18.4. The number of nitriles is 1. The minimum atomic E-state index is -0.392. The number of H-pyrrole nitrogens is 1. The second kappa shape index (κ2) is 7.76. The standard InChI is InChI=1S/C21H10Cl3N3O2/c22-12-4-6-17-14(9-12)21(28)27-20(26-17)11(10-25)8-13-5-7-18(29-13)19-15(23)2-1-3-16(19)24/h1-9H,(H,26,27,28)/b11-8+. The number of fused-ring (bicyclic) bond motifs is 1. The van der Waals surface area contributed by atoms with Gasteiger partial charge in [0.2, 0.25) is 0 Å². The maximum atomic E-state index is 12.3. The molecule has 0 unspecified atom stereocenters. The molecule has 1 N–H and O–H groups in total. The first-order valence-corrected chi connectivity index (χ1v) is 9.45. The molecular formula is C21H10Cl3N3O2. The number of allylic oxidation sites excluding steroid dienone is 1. The quantitative estimate of drug-likeness (QED) is 0.382. The van der Waals surface area contributed by atoms with Crippen LogP contribution < -0.4 is 5.56 Å². The van der Waals surface area contributed by atoms with Crippen LogP contribution in [0.4, 0.5) is 0 Å². The average molecular weight is 443 g/mol. The third kappa shape index (κ3) is 3.79. The molecule has 142 valence electrons. The van der Waals surface area contributed by atoms with Crippen LogP contribution >= 0.6 is 34.8 Å². The Balaban J connectivity index is 1.77. The van der Waals surface area contributed by atoms with Gasteiger partial charge >= 0.3 is 0 Å². The van der Waals surface area contributed by atoms with Crippen molar-refractivity contribution in [3.8, 4) is 17.4 Å². The van der Waals surface area contributed by atoms with Crippen molar-refractivity contribution in [3.63, 3.8) is 0 Å². The van der Waals surface area contributed by atoms with Crippen molar-refractivity contribution in [2.75, 3.05) is 0 Å². The molecule has 4 aromatic rings. The summed E-state index contributed by atoms with van der Waals surface area (Å²) in [5.74, 6) is 0.964. The molecule has 2 heterocycles. The molecule has 0 radical (unpaired) electrons. The molecule has 0 aliphatic heterocycles. The second-order valence-electron chi connectivity index (χ2n) is 6.04. The van der Waals surface area contributed by atoms with Crippen LogP contribution in [-0.4, -0.2) is 9.97 Å². The van der Waals surface area contributed by atoms with Crippen molar-refractivity contribution < 1.29 is 4.42 Å². The van der Waals surface area contributed by atoms with Crippen LogP contribution in [0.25, 0.3) is 33.9 Å². The Morgan fingerprint density at radius 2 is 1.86 bits per heavy atom. The van der Waals surface area contributed by atoms with Crippen molar-refractivity contribution in [3.05, 3.63) is 85.5 Å². The molecule has 2 aromatic heterocycles. The van der Waals surface area contributed by atoms with E-state index in [4.69, 9.17) is 39.2 Å². The van der Waals surface area contributed by atoms with Gasteiger partial charge in [0.25, 0.3) is 5.56 Å². The van der Waals surface area contributed by atoms with E-state index < -0.39 is 5.56 Å². The lowest BCUT2D eigenvalue weighted by molar-refractivity contribution is 0.572. The van der Waals surface area contributed by atoms with Gasteiger partial charge < -0.3 is 9.40 Å². The minimum Gasteiger partial charge on any atom is -0.457 e. The molecule has 0 fully saturated rings. The largest absolute Gasteiger partial charge is 0.457 e. The van der Waals surface area contributed by atoms with Gasteiger partial charge in [0, 0.05) is 11.1 Å². The molecule has 8 heteroatoms. The molecule has 0 saturated heterocycles. The summed E-state index contributed by atoms with van der Waals surface area (Å²) in [5, 5.41) is 11.2. The Kier molecular flexibility index (Phi) is 5.16. The van der Waals surface area contributed by atoms with Crippen LogP contribution in [-0.2, 0) is 0 Å². The van der Waals surface area contributed by atoms with Crippen molar-refractivity contribution in [1.29, 1.82) is 5.26 Å². The topological polar surface area (TPSA) is 82.7 Å². The van der Waals surface area contributed by atoms with Crippen LogP contribution in [0.1, 0.15) is 11.6 Å². The number of nitrogens with zero attached hydrogens (tertiary/aromatic N) is 2. The lowest BCUT2D eigenvalue weighted by Gasteiger charge is -2.03. The number of nitrogens with one attached hydrogen (secondary N) is 1. The fourth-order valence-corrected chi connectivity index (χ4v) is 3.59. The number of benzene rings is 2. The van der Waals surface area contributed by atoms with Gasteiger partial charge in [-0.1, -0.05) is 40.9 Å². The van der Waals surface area contributed by atoms with Crippen LogP contribution in [0.3, 0.4) is 0 Å². The number of aromatic nitrogens is 2. The van der Waals surface area contributed by atoms with Crippen molar-refractivity contribution >= 4 is 57.4 Å². The Hall–Kier alpha value is -3.04. The highest BCUT2D eigenvalue weighted by Crippen LogP contribution is 2.36. The van der Waals surface area contributed by atoms with E-state index in [1.54, 1.807) is 42.5 Å². The summed E-state index contributed by atoms with van der Waals surface area (Å²) in [5.41, 5.74) is 0.724. The lowest BCUT2D eigenvalue weighted by atomic mass is 10.2. The number of rotatable bonds is 3. The SMILES string of the molecule is N#C/C(=C\c1ccc(-c2c(Cl)cccc2Cl)o1)c1nc2ccc(Cl)cc2c(=O)[nH]1. The zero-order valence-corrected chi connectivity index (χ0v) is 16.8. The van der Waals surface area contributed by atoms with Crippen molar-refractivity contribution in [1.82, 2.24) is 9.97 Å². The normalized spacial score (nSPS) is 11.6. The summed E-state index contributed by atoms with van der Waals surface area (Å²) in [6, 6.07) is 15.3. The van der Waals surface area contributed by atoms with Gasteiger partial charge in [-0.3, -0.25) is 4.79 Å². The maximum absolute atomic E-state index is 12.3. The molecule has 29 heavy (non-hydrogen) atoms. The van der Waals surface area contributed by atoms with Gasteiger partial charge in [-0.05, 0) is 42.5 Å². The first kappa shape index (κ1) is 19.3. The summed E-state index contributed by atoms with van der Waals surface area (Å²) < 4.78 is 5.78. The monoisotopic (exact) mass is 441 g/mol. The Morgan fingerprint density at radius 3 is 2.59 bits per heavy atom. The predicted molar refractivity (Wildman–Crippen MR) is 115 cm³/mol. The van der Waals surface area contributed by atoms with Crippen LogP contribution in [0.15, 0.2) is 57.7 Å². The highest BCUT2D eigenvalue weighted by Gasteiger charge is 2.14. The van der Waals surface area contributed by atoms with E-state index in [-0.39, 0.29) is 11.4 Å². The van der Waals surface area contributed by atoms with E-state index in [9.17, 15) is 10.1 Å². The molecule has 0 spiro atoms. The van der Waals surface area contributed by atoms with E-state index in [0.717, 1.165) is 0 Å². The second-order valence-corrected chi connectivity index (χ2v) is 7.30. The van der Waals surface area contributed by atoms with E-state index >= 15 is 0 Å². The summed E-state index contributed by atoms with van der Waals surface area (Å²) in [6.07, 6.45) is 1.48. The fourth-order valence-electron chi connectivity index (χ4n) is 2.83. The smallest absolute Gasteiger partial charge is 0.259 e. The highest BCUT2D eigenvalue weighted by atomic mass is 35.5.